The van der Waals surface area contributed by atoms with Crippen molar-refractivity contribution in [3.05, 3.63) is 82.2 Å². The molecule has 126 valence electrons. The molecule has 0 radical (unpaired) electrons. The third kappa shape index (κ3) is 11.1. The average Bonchev–Trinajstić information content (AvgIpc) is 2.60. The maximum absolute atomic E-state index is 3.76. The molecule has 0 fully saturated rings. The lowest BCUT2D eigenvalue weighted by Gasteiger charge is -2.10. The molecule has 1 aliphatic heterocycles. The summed E-state index contributed by atoms with van der Waals surface area (Å²) in [6.45, 7) is 14.0. The molecule has 1 rings (SSSR count). The van der Waals surface area contributed by atoms with Gasteiger partial charge in [-0.1, -0.05) is 74.6 Å². The van der Waals surface area contributed by atoms with Gasteiger partial charge in [-0.15, -0.1) is 23.5 Å². The molecule has 1 heterocycles. The normalized spacial score (nSPS) is 16.0. The first-order chi connectivity index (χ1) is 11.2. The van der Waals surface area contributed by atoms with Crippen LogP contribution < -0.4 is 0 Å². The second kappa shape index (κ2) is 14.5. The van der Waals surface area contributed by atoms with Crippen LogP contribution in [0.3, 0.4) is 0 Å². The van der Waals surface area contributed by atoms with Gasteiger partial charge in [-0.3, -0.25) is 0 Å². The maximum atomic E-state index is 3.76. The van der Waals surface area contributed by atoms with E-state index in [4.69, 9.17) is 0 Å². The van der Waals surface area contributed by atoms with Gasteiger partial charge in [0.25, 0.3) is 0 Å². The molecule has 0 N–H and O–H groups in total. The average molecular weight is 347 g/mol. The molecule has 0 saturated heterocycles. The Morgan fingerprint density at radius 1 is 1.26 bits per heavy atom. The Morgan fingerprint density at radius 3 is 2.65 bits per heavy atom. The van der Waals surface area contributed by atoms with Gasteiger partial charge in [-0.25, -0.2) is 0 Å². The van der Waals surface area contributed by atoms with E-state index in [2.05, 4.69) is 62.3 Å². The lowest BCUT2D eigenvalue weighted by molar-refractivity contribution is 1.44. The lowest BCUT2D eigenvalue weighted by Crippen LogP contribution is -1.93. The van der Waals surface area contributed by atoms with Crippen LogP contribution >= 0.6 is 23.5 Å². The third-order valence-electron chi connectivity index (χ3n) is 2.84. The molecule has 0 aliphatic carbocycles. The summed E-state index contributed by atoms with van der Waals surface area (Å²) < 4.78 is 0. The molecule has 0 amide bonds. The number of hydrogen-bond acceptors (Lipinski definition) is 2. The Bertz CT molecular complexity index is 526. The van der Waals surface area contributed by atoms with E-state index >= 15 is 0 Å². The van der Waals surface area contributed by atoms with Crippen LogP contribution in [0.25, 0.3) is 0 Å². The van der Waals surface area contributed by atoms with Crippen LogP contribution in [0.1, 0.15) is 34.6 Å². The SMILES string of the molecule is C=C/C(C)=C\C=C(/C)SCC1=CSCC(/C=C\C=C/C)=C1.CC. The second-order valence-corrected chi connectivity index (χ2v) is 6.87. The van der Waals surface area contributed by atoms with Crippen molar-refractivity contribution in [3.8, 4) is 0 Å². The molecular weight excluding hydrogens is 316 g/mol. The number of hydrogen-bond donors (Lipinski definition) is 0. The zero-order chi connectivity index (χ0) is 17.5. The first-order valence-electron chi connectivity index (χ1n) is 8.06. The topological polar surface area (TPSA) is 0 Å². The standard InChI is InChI=1S/C19H24S2.C2H6/c1-5-7-8-9-18-12-19(14-20-13-18)15-21-17(4)11-10-16(3)6-2;1-2/h5-12,14H,2,13,15H2,1,3-4H3;1-2H3/b7-5-,9-8-,16-10-,17-11+;. The number of rotatable bonds is 7. The van der Waals surface area contributed by atoms with Crippen molar-refractivity contribution >= 4 is 23.5 Å². The van der Waals surface area contributed by atoms with E-state index in [0.29, 0.717) is 0 Å². The Labute approximate surface area is 151 Å². The van der Waals surface area contributed by atoms with Crippen molar-refractivity contribution in [1.82, 2.24) is 0 Å². The fourth-order valence-corrected chi connectivity index (χ4v) is 3.23. The van der Waals surface area contributed by atoms with Crippen LogP contribution in [0.15, 0.2) is 82.2 Å². The number of allylic oxidation sites excluding steroid dienone is 10. The van der Waals surface area contributed by atoms with Gasteiger partial charge >= 0.3 is 0 Å². The molecule has 0 nitrogen and oxygen atoms in total. The molecular formula is C21H30S2. The summed E-state index contributed by atoms with van der Waals surface area (Å²) in [7, 11) is 0. The van der Waals surface area contributed by atoms with E-state index in [0.717, 1.165) is 11.5 Å². The van der Waals surface area contributed by atoms with Crippen LogP contribution in [-0.2, 0) is 0 Å². The van der Waals surface area contributed by atoms with Crippen molar-refractivity contribution in [1.29, 1.82) is 0 Å². The van der Waals surface area contributed by atoms with Gasteiger partial charge in [0, 0.05) is 11.5 Å². The molecule has 0 aromatic carbocycles. The Kier molecular flexibility index (Phi) is 13.8. The van der Waals surface area contributed by atoms with Crippen molar-refractivity contribution in [2.24, 2.45) is 0 Å². The third-order valence-corrected chi connectivity index (χ3v) is 4.88. The Balaban J connectivity index is 0.00000232. The van der Waals surface area contributed by atoms with Gasteiger partial charge in [0.05, 0.1) is 0 Å². The van der Waals surface area contributed by atoms with Crippen LogP contribution in [0.4, 0.5) is 0 Å². The van der Waals surface area contributed by atoms with Crippen molar-refractivity contribution in [2.75, 3.05) is 11.5 Å². The van der Waals surface area contributed by atoms with Gasteiger partial charge in [0.15, 0.2) is 0 Å². The minimum Gasteiger partial charge on any atom is -0.129 e. The highest BCUT2D eigenvalue weighted by Crippen LogP contribution is 2.26. The lowest BCUT2D eigenvalue weighted by atomic mass is 10.2. The first kappa shape index (κ1) is 21.9. The summed E-state index contributed by atoms with van der Waals surface area (Å²) in [5, 5.41) is 2.28. The molecule has 1 aliphatic rings. The predicted molar refractivity (Wildman–Crippen MR) is 114 cm³/mol. The van der Waals surface area contributed by atoms with Crippen LogP contribution in [0.2, 0.25) is 0 Å². The molecule has 0 bridgehead atoms. The van der Waals surface area contributed by atoms with E-state index < -0.39 is 0 Å². The summed E-state index contributed by atoms with van der Waals surface area (Å²) in [6.07, 6.45) is 16.9. The first-order valence-corrected chi connectivity index (χ1v) is 10.1. The fourth-order valence-electron chi connectivity index (χ4n) is 1.58. The molecule has 0 spiro atoms. The minimum absolute atomic E-state index is 1.03. The highest BCUT2D eigenvalue weighted by Gasteiger charge is 2.04. The largest absolute Gasteiger partial charge is 0.129 e. The zero-order valence-electron chi connectivity index (χ0n) is 15.1. The molecule has 0 aromatic heterocycles. The molecule has 0 atom stereocenters. The van der Waals surface area contributed by atoms with Crippen molar-refractivity contribution < 1.29 is 0 Å². The van der Waals surface area contributed by atoms with Gasteiger partial charge in [0.2, 0.25) is 0 Å². The number of thioether (sulfide) groups is 2. The minimum atomic E-state index is 1.03. The van der Waals surface area contributed by atoms with Crippen LogP contribution in [-0.4, -0.2) is 11.5 Å². The van der Waals surface area contributed by atoms with Crippen LogP contribution in [0.5, 0.6) is 0 Å². The van der Waals surface area contributed by atoms with E-state index in [1.54, 1.807) is 0 Å². The molecule has 23 heavy (non-hydrogen) atoms. The molecule has 0 saturated carbocycles. The zero-order valence-corrected chi connectivity index (χ0v) is 16.8. The Morgan fingerprint density at radius 2 is 2.00 bits per heavy atom. The second-order valence-electron chi connectivity index (χ2n) is 4.79. The van der Waals surface area contributed by atoms with Crippen molar-refractivity contribution in [3.63, 3.8) is 0 Å². The highest BCUT2D eigenvalue weighted by molar-refractivity contribution is 8.03. The summed E-state index contributed by atoms with van der Waals surface area (Å²) in [5.41, 5.74) is 3.98. The van der Waals surface area contributed by atoms with E-state index in [-0.39, 0.29) is 0 Å². The van der Waals surface area contributed by atoms with Gasteiger partial charge in [-0.05, 0) is 42.2 Å². The van der Waals surface area contributed by atoms with Gasteiger partial charge in [-0.2, -0.15) is 0 Å². The fraction of sp³-hybridized carbons (Fsp3) is 0.333. The predicted octanol–water partition coefficient (Wildman–Crippen LogP) is 7.47. The molecule has 0 unspecified atom stereocenters. The summed E-state index contributed by atoms with van der Waals surface area (Å²) >= 11 is 3.76. The molecule has 2 heteroatoms. The smallest absolute Gasteiger partial charge is 0.0233 e. The van der Waals surface area contributed by atoms with Gasteiger partial charge < -0.3 is 0 Å². The van der Waals surface area contributed by atoms with Gasteiger partial charge in [0.1, 0.15) is 0 Å². The van der Waals surface area contributed by atoms with Crippen molar-refractivity contribution in [2.45, 2.75) is 34.6 Å². The maximum Gasteiger partial charge on any atom is 0.0233 e. The van der Waals surface area contributed by atoms with E-state index in [1.807, 2.05) is 56.4 Å². The van der Waals surface area contributed by atoms with E-state index in [1.165, 1.54) is 21.6 Å². The summed E-state index contributed by atoms with van der Waals surface area (Å²) in [4.78, 5) is 1.33. The quantitative estimate of drug-likeness (QED) is 0.438. The Hall–Kier alpha value is -1.12. The molecule has 0 aromatic rings. The van der Waals surface area contributed by atoms with E-state index in [9.17, 15) is 0 Å². The highest BCUT2D eigenvalue weighted by atomic mass is 32.2. The monoisotopic (exact) mass is 346 g/mol. The van der Waals surface area contributed by atoms with Crippen LogP contribution in [0, 0.1) is 0 Å². The summed E-state index contributed by atoms with van der Waals surface area (Å²) in [6, 6.07) is 0. The summed E-state index contributed by atoms with van der Waals surface area (Å²) in [5.74, 6) is 2.09.